The van der Waals surface area contributed by atoms with E-state index in [0.717, 1.165) is 54.6 Å². The van der Waals surface area contributed by atoms with Crippen molar-refractivity contribution < 1.29 is 9.53 Å². The van der Waals surface area contributed by atoms with Gasteiger partial charge in [0.15, 0.2) is 0 Å². The molecular formula is C25H29N3O3. The number of likely N-dealkylation sites (tertiary alicyclic amines) is 1. The van der Waals surface area contributed by atoms with Crippen molar-refractivity contribution in [2.75, 3.05) is 13.7 Å². The van der Waals surface area contributed by atoms with Crippen molar-refractivity contribution in [3.05, 3.63) is 70.3 Å². The third kappa shape index (κ3) is 4.48. The third-order valence-electron chi connectivity index (χ3n) is 6.20. The van der Waals surface area contributed by atoms with Crippen LogP contribution < -0.4 is 10.3 Å². The van der Waals surface area contributed by atoms with Crippen molar-refractivity contribution in [1.82, 2.24) is 14.5 Å². The number of ether oxygens (including phenoxy) is 1. The van der Waals surface area contributed by atoms with E-state index in [0.29, 0.717) is 11.9 Å². The van der Waals surface area contributed by atoms with Crippen LogP contribution in [0.15, 0.2) is 53.6 Å². The van der Waals surface area contributed by atoms with Gasteiger partial charge in [-0.3, -0.25) is 14.2 Å². The van der Waals surface area contributed by atoms with Crippen LogP contribution in [-0.2, 0) is 11.3 Å². The van der Waals surface area contributed by atoms with Crippen LogP contribution in [0.25, 0.3) is 10.9 Å². The minimum Gasteiger partial charge on any atom is -0.497 e. The molecule has 0 radical (unpaired) electrons. The molecular weight excluding hydrogens is 390 g/mol. The first kappa shape index (κ1) is 21.1. The second-order valence-electron chi connectivity index (χ2n) is 8.19. The molecule has 1 aliphatic rings. The average molecular weight is 420 g/mol. The number of aromatic nitrogens is 2. The van der Waals surface area contributed by atoms with Gasteiger partial charge in [0.1, 0.15) is 5.75 Å². The van der Waals surface area contributed by atoms with Crippen molar-refractivity contribution in [2.24, 2.45) is 0 Å². The minimum atomic E-state index is -0.0935. The van der Waals surface area contributed by atoms with Crippen LogP contribution in [0.3, 0.4) is 0 Å². The molecule has 0 saturated carbocycles. The van der Waals surface area contributed by atoms with E-state index in [2.05, 4.69) is 17.1 Å². The number of benzene rings is 2. The molecule has 1 atom stereocenters. The number of methoxy groups -OCH3 is 1. The summed E-state index contributed by atoms with van der Waals surface area (Å²) < 4.78 is 6.83. The van der Waals surface area contributed by atoms with E-state index in [1.165, 1.54) is 0 Å². The molecule has 1 unspecified atom stereocenters. The maximum absolute atomic E-state index is 13.2. The molecule has 4 rings (SSSR count). The Bertz CT molecular complexity index is 1120. The smallest absolute Gasteiger partial charge is 0.261 e. The fourth-order valence-corrected chi connectivity index (χ4v) is 4.44. The van der Waals surface area contributed by atoms with Gasteiger partial charge in [-0.15, -0.1) is 0 Å². The van der Waals surface area contributed by atoms with E-state index in [9.17, 15) is 9.59 Å². The molecule has 0 aliphatic carbocycles. The summed E-state index contributed by atoms with van der Waals surface area (Å²) >= 11 is 0. The first-order valence-corrected chi connectivity index (χ1v) is 11.0. The Labute approximate surface area is 182 Å². The molecule has 6 nitrogen and oxygen atoms in total. The van der Waals surface area contributed by atoms with Gasteiger partial charge in [-0.05, 0) is 49.1 Å². The lowest BCUT2D eigenvalue weighted by atomic mass is 10.0. The van der Waals surface area contributed by atoms with Gasteiger partial charge >= 0.3 is 0 Å². The zero-order valence-corrected chi connectivity index (χ0v) is 18.2. The van der Waals surface area contributed by atoms with E-state index in [4.69, 9.17) is 4.74 Å². The molecule has 1 saturated heterocycles. The number of hydrogen-bond acceptors (Lipinski definition) is 4. The quantitative estimate of drug-likeness (QED) is 0.620. The molecule has 1 amide bonds. The highest BCUT2D eigenvalue weighted by Gasteiger charge is 2.26. The number of fused-ring (bicyclic) bond motifs is 1. The van der Waals surface area contributed by atoms with Crippen LogP contribution in [0, 0.1) is 6.92 Å². The van der Waals surface area contributed by atoms with E-state index in [1.54, 1.807) is 24.1 Å². The van der Waals surface area contributed by atoms with Gasteiger partial charge in [-0.25, -0.2) is 4.98 Å². The molecule has 1 aliphatic heterocycles. The lowest BCUT2D eigenvalue weighted by Gasteiger charge is -2.31. The predicted molar refractivity (Wildman–Crippen MR) is 121 cm³/mol. The molecule has 6 heteroatoms. The van der Waals surface area contributed by atoms with Gasteiger partial charge in [0.25, 0.3) is 5.56 Å². The van der Waals surface area contributed by atoms with Gasteiger partial charge in [0.05, 0.1) is 30.4 Å². The van der Waals surface area contributed by atoms with Crippen LogP contribution in [0.1, 0.15) is 49.3 Å². The lowest BCUT2D eigenvalue weighted by molar-refractivity contribution is -0.133. The highest BCUT2D eigenvalue weighted by atomic mass is 16.5. The SMILES string of the molecule is COc1ccc(C2CCCCCN2C(=O)CCn2cnc3c(C)cccc3c2=O)cc1. The topological polar surface area (TPSA) is 64.4 Å². The van der Waals surface area contributed by atoms with E-state index < -0.39 is 0 Å². The number of para-hydroxylation sites is 1. The Morgan fingerprint density at radius 3 is 2.71 bits per heavy atom. The summed E-state index contributed by atoms with van der Waals surface area (Å²) in [5.41, 5.74) is 2.74. The number of rotatable bonds is 5. The Balaban J connectivity index is 1.52. The third-order valence-corrected chi connectivity index (χ3v) is 6.20. The zero-order valence-electron chi connectivity index (χ0n) is 18.2. The molecule has 31 heavy (non-hydrogen) atoms. The molecule has 2 aromatic carbocycles. The summed E-state index contributed by atoms with van der Waals surface area (Å²) in [6.07, 6.45) is 6.04. The van der Waals surface area contributed by atoms with Gasteiger partial charge in [0.2, 0.25) is 5.91 Å². The molecule has 0 bridgehead atoms. The summed E-state index contributed by atoms with van der Waals surface area (Å²) in [5.74, 6) is 0.896. The molecule has 1 aromatic heterocycles. The summed E-state index contributed by atoms with van der Waals surface area (Å²) in [6.45, 7) is 3.03. The predicted octanol–water partition coefficient (Wildman–Crippen LogP) is 4.25. The van der Waals surface area contributed by atoms with Crippen molar-refractivity contribution >= 4 is 16.8 Å². The number of aryl methyl sites for hydroxylation is 2. The molecule has 1 fully saturated rings. The Morgan fingerprint density at radius 2 is 1.94 bits per heavy atom. The minimum absolute atomic E-state index is 0.0648. The van der Waals surface area contributed by atoms with Crippen LogP contribution >= 0.6 is 0 Å². The number of amides is 1. The van der Waals surface area contributed by atoms with E-state index in [1.807, 2.05) is 36.1 Å². The monoisotopic (exact) mass is 419 g/mol. The van der Waals surface area contributed by atoms with Crippen LogP contribution in [0.2, 0.25) is 0 Å². The standard InChI is InChI=1S/C25H29N3O3/c1-18-7-6-8-21-24(18)26-17-27(25(21)30)16-14-23(29)28-15-5-3-4-9-22(28)19-10-12-20(31-2)13-11-19/h6-8,10-13,17,22H,3-5,9,14-16H2,1-2H3. The number of carbonyl (C=O) groups is 1. The van der Waals surface area contributed by atoms with E-state index >= 15 is 0 Å². The van der Waals surface area contributed by atoms with E-state index in [-0.39, 0.29) is 23.9 Å². The van der Waals surface area contributed by atoms with Crippen LogP contribution in [-0.4, -0.2) is 34.0 Å². The maximum atomic E-state index is 13.2. The first-order valence-electron chi connectivity index (χ1n) is 11.0. The van der Waals surface area contributed by atoms with Gasteiger partial charge in [0, 0.05) is 19.5 Å². The molecule has 162 valence electrons. The maximum Gasteiger partial charge on any atom is 0.261 e. The van der Waals surface area contributed by atoms with Crippen molar-refractivity contribution in [2.45, 2.75) is 51.6 Å². The number of hydrogen-bond donors (Lipinski definition) is 0. The highest BCUT2D eigenvalue weighted by Crippen LogP contribution is 2.31. The number of nitrogens with zero attached hydrogens (tertiary/aromatic N) is 3. The summed E-state index contributed by atoms with van der Waals surface area (Å²) in [4.78, 5) is 32.5. The average Bonchev–Trinajstić information content (AvgIpc) is 3.05. The first-order chi connectivity index (χ1) is 15.1. The summed E-state index contributed by atoms with van der Waals surface area (Å²) in [5, 5.41) is 0.598. The summed E-state index contributed by atoms with van der Waals surface area (Å²) in [6, 6.07) is 13.7. The molecule has 0 spiro atoms. The molecule has 2 heterocycles. The Morgan fingerprint density at radius 1 is 1.13 bits per heavy atom. The van der Waals surface area contributed by atoms with Gasteiger partial charge < -0.3 is 9.64 Å². The van der Waals surface area contributed by atoms with Crippen LogP contribution in [0.4, 0.5) is 0 Å². The highest BCUT2D eigenvalue weighted by molar-refractivity contribution is 5.80. The number of carbonyl (C=O) groups excluding carboxylic acids is 1. The van der Waals surface area contributed by atoms with Gasteiger partial charge in [-0.1, -0.05) is 37.1 Å². The van der Waals surface area contributed by atoms with Crippen molar-refractivity contribution in [3.8, 4) is 5.75 Å². The van der Waals surface area contributed by atoms with Crippen molar-refractivity contribution in [1.29, 1.82) is 0 Å². The van der Waals surface area contributed by atoms with Crippen molar-refractivity contribution in [3.63, 3.8) is 0 Å². The Kier molecular flexibility index (Phi) is 6.35. The zero-order chi connectivity index (χ0) is 21.8. The molecule has 3 aromatic rings. The summed E-state index contributed by atoms with van der Waals surface area (Å²) in [7, 11) is 1.65. The second-order valence-corrected chi connectivity index (χ2v) is 8.19. The fraction of sp³-hybridized carbons (Fsp3) is 0.400. The molecule has 0 N–H and O–H groups in total. The fourth-order valence-electron chi connectivity index (χ4n) is 4.44. The van der Waals surface area contributed by atoms with Gasteiger partial charge in [-0.2, -0.15) is 0 Å². The largest absolute Gasteiger partial charge is 0.497 e. The lowest BCUT2D eigenvalue weighted by Crippen LogP contribution is -2.36. The Hall–Kier alpha value is -3.15. The second kappa shape index (κ2) is 9.33. The van der Waals surface area contributed by atoms with Crippen LogP contribution in [0.5, 0.6) is 5.75 Å². The normalized spacial score (nSPS) is 16.8.